The van der Waals surface area contributed by atoms with E-state index in [2.05, 4.69) is 21.8 Å². The van der Waals surface area contributed by atoms with Crippen LogP contribution >= 0.6 is 11.6 Å². The summed E-state index contributed by atoms with van der Waals surface area (Å²) in [6.45, 7) is 3.64. The first kappa shape index (κ1) is 21.7. The van der Waals surface area contributed by atoms with E-state index in [1.807, 2.05) is 43.5 Å². The number of likely N-dealkylation sites (tertiary alicyclic amines) is 1. The zero-order valence-electron chi connectivity index (χ0n) is 18.1. The molecule has 1 aliphatic heterocycles. The van der Waals surface area contributed by atoms with Crippen LogP contribution in [0.25, 0.3) is 11.1 Å². The second-order valence-corrected chi connectivity index (χ2v) is 8.69. The van der Waals surface area contributed by atoms with Gasteiger partial charge in [0.25, 0.3) is 0 Å². The van der Waals surface area contributed by atoms with Crippen LogP contribution in [0.4, 0.5) is 10.3 Å². The molecule has 1 aromatic carbocycles. The van der Waals surface area contributed by atoms with Crippen molar-refractivity contribution in [3.8, 4) is 11.1 Å². The quantitative estimate of drug-likeness (QED) is 0.530. The Morgan fingerprint density at radius 2 is 2.00 bits per heavy atom. The summed E-state index contributed by atoms with van der Waals surface area (Å²) < 4.78 is 14.0. The van der Waals surface area contributed by atoms with Gasteiger partial charge in [0.2, 0.25) is 5.95 Å². The summed E-state index contributed by atoms with van der Waals surface area (Å²) in [4.78, 5) is 18.1. The Morgan fingerprint density at radius 1 is 1.16 bits per heavy atom. The van der Waals surface area contributed by atoms with Gasteiger partial charge in [-0.05, 0) is 61.2 Å². The predicted molar refractivity (Wildman–Crippen MR) is 123 cm³/mol. The van der Waals surface area contributed by atoms with Gasteiger partial charge in [0.05, 0.1) is 16.8 Å². The minimum Gasteiger partial charge on any atom is -0.347 e. The summed E-state index contributed by atoms with van der Waals surface area (Å²) in [5.41, 5.74) is 5.15. The molecule has 0 radical (unpaired) electrons. The van der Waals surface area contributed by atoms with E-state index in [1.165, 1.54) is 6.07 Å². The normalized spacial score (nSPS) is 17.0. The molecule has 0 aliphatic carbocycles. The van der Waals surface area contributed by atoms with E-state index in [-0.39, 0.29) is 16.9 Å². The molecule has 7 heteroatoms. The van der Waals surface area contributed by atoms with Gasteiger partial charge < -0.3 is 4.90 Å². The second kappa shape index (κ2) is 9.28. The van der Waals surface area contributed by atoms with Crippen LogP contribution < -0.4 is 4.90 Å². The third-order valence-electron chi connectivity index (χ3n) is 5.81. The maximum Gasteiger partial charge on any atom is 0.225 e. The number of hydrogen-bond donors (Lipinski definition) is 0. The molecule has 1 aliphatic rings. The monoisotopic (exact) mass is 439 g/mol. The van der Waals surface area contributed by atoms with Crippen LogP contribution in [0.5, 0.6) is 0 Å². The fourth-order valence-electron chi connectivity index (χ4n) is 4.20. The van der Waals surface area contributed by atoms with Gasteiger partial charge in [0.15, 0.2) is 0 Å². The van der Waals surface area contributed by atoms with Crippen molar-refractivity contribution in [2.45, 2.75) is 38.8 Å². The van der Waals surface area contributed by atoms with Crippen LogP contribution in [0.2, 0.25) is 5.02 Å². The molecular weight excluding hydrogens is 413 g/mol. The Morgan fingerprint density at radius 3 is 2.74 bits per heavy atom. The van der Waals surface area contributed by atoms with E-state index >= 15 is 0 Å². The Labute approximate surface area is 187 Å². The summed E-state index contributed by atoms with van der Waals surface area (Å²) in [5.74, 6) is 0.311. The third kappa shape index (κ3) is 4.70. The van der Waals surface area contributed by atoms with Gasteiger partial charge >= 0.3 is 0 Å². The fraction of sp³-hybridized carbons (Fsp3) is 0.375. The van der Waals surface area contributed by atoms with Crippen molar-refractivity contribution in [3.05, 3.63) is 70.5 Å². The first-order chi connectivity index (χ1) is 14.9. The van der Waals surface area contributed by atoms with E-state index in [0.29, 0.717) is 12.5 Å². The van der Waals surface area contributed by atoms with Crippen molar-refractivity contribution in [2.75, 3.05) is 25.5 Å². The maximum atomic E-state index is 14.0. The molecule has 1 saturated heterocycles. The first-order valence-corrected chi connectivity index (χ1v) is 10.9. The summed E-state index contributed by atoms with van der Waals surface area (Å²) in [5, 5.41) is 0.154. The molecule has 2 aromatic heterocycles. The minimum absolute atomic E-state index is 0.122. The molecule has 0 saturated carbocycles. The highest BCUT2D eigenvalue weighted by Gasteiger charge is 2.29. The number of rotatable bonds is 5. The molecule has 1 fully saturated rings. The van der Waals surface area contributed by atoms with Crippen LogP contribution in [-0.4, -0.2) is 40.5 Å². The number of aryl methyl sites for hydroxylation is 1. The van der Waals surface area contributed by atoms with Gasteiger partial charge in [0, 0.05) is 44.8 Å². The van der Waals surface area contributed by atoms with Gasteiger partial charge in [-0.2, -0.15) is 0 Å². The standard InChI is InChI=1S/C24H27ClFN5/c1-16-13-27-10-9-18(16)19-14-28-24(30(2)3)29-23(19)22-6-4-5-11-31(22)15-17-7-8-20(25)21(26)12-17/h7-10,12-14,22H,4-6,11,15H2,1-3H3/t22-/m0/s1. The number of pyridine rings is 1. The van der Waals surface area contributed by atoms with Crippen LogP contribution in [0, 0.1) is 12.7 Å². The first-order valence-electron chi connectivity index (χ1n) is 10.6. The van der Waals surface area contributed by atoms with E-state index in [0.717, 1.165) is 53.8 Å². The Balaban J connectivity index is 1.76. The molecule has 31 heavy (non-hydrogen) atoms. The number of piperidine rings is 1. The van der Waals surface area contributed by atoms with Crippen molar-refractivity contribution in [1.82, 2.24) is 19.9 Å². The van der Waals surface area contributed by atoms with Gasteiger partial charge in [-0.1, -0.05) is 24.1 Å². The molecule has 0 unspecified atom stereocenters. The molecule has 3 aromatic rings. The van der Waals surface area contributed by atoms with Gasteiger partial charge in [-0.15, -0.1) is 0 Å². The van der Waals surface area contributed by atoms with Gasteiger partial charge in [-0.25, -0.2) is 14.4 Å². The average Bonchev–Trinajstić information content (AvgIpc) is 2.77. The summed E-state index contributed by atoms with van der Waals surface area (Å²) >= 11 is 5.88. The highest BCUT2D eigenvalue weighted by atomic mass is 35.5. The Bertz CT molecular complexity index is 1070. The molecule has 162 valence electrons. The molecule has 3 heterocycles. The number of aromatic nitrogens is 3. The highest BCUT2D eigenvalue weighted by molar-refractivity contribution is 6.30. The molecule has 0 spiro atoms. The highest BCUT2D eigenvalue weighted by Crippen LogP contribution is 2.38. The maximum absolute atomic E-state index is 14.0. The van der Waals surface area contributed by atoms with E-state index in [1.54, 1.807) is 12.3 Å². The van der Waals surface area contributed by atoms with Crippen molar-refractivity contribution in [3.63, 3.8) is 0 Å². The number of benzene rings is 1. The Hall–Kier alpha value is -2.57. The topological polar surface area (TPSA) is 45.2 Å². The lowest BCUT2D eigenvalue weighted by Gasteiger charge is -2.36. The van der Waals surface area contributed by atoms with Gasteiger partial charge in [-0.3, -0.25) is 9.88 Å². The average molecular weight is 440 g/mol. The van der Waals surface area contributed by atoms with Crippen molar-refractivity contribution < 1.29 is 4.39 Å². The van der Waals surface area contributed by atoms with Gasteiger partial charge in [0.1, 0.15) is 5.82 Å². The zero-order valence-corrected chi connectivity index (χ0v) is 18.9. The third-order valence-corrected chi connectivity index (χ3v) is 6.12. The Kier molecular flexibility index (Phi) is 6.49. The lowest BCUT2D eigenvalue weighted by molar-refractivity contribution is 0.137. The summed E-state index contributed by atoms with van der Waals surface area (Å²) in [6.07, 6.45) is 8.84. The van der Waals surface area contributed by atoms with Crippen LogP contribution in [0.1, 0.15) is 42.1 Å². The molecule has 0 bridgehead atoms. The summed E-state index contributed by atoms with van der Waals surface area (Å²) in [6, 6.07) is 7.21. The minimum atomic E-state index is -0.377. The van der Waals surface area contributed by atoms with Crippen molar-refractivity contribution in [1.29, 1.82) is 0 Å². The number of hydrogen-bond acceptors (Lipinski definition) is 5. The van der Waals surface area contributed by atoms with Crippen LogP contribution in [0.3, 0.4) is 0 Å². The molecule has 0 N–H and O–H groups in total. The van der Waals surface area contributed by atoms with E-state index in [4.69, 9.17) is 16.6 Å². The largest absolute Gasteiger partial charge is 0.347 e. The molecule has 5 nitrogen and oxygen atoms in total. The fourth-order valence-corrected chi connectivity index (χ4v) is 4.32. The SMILES string of the molecule is Cc1cnccc1-c1cnc(N(C)C)nc1[C@@H]1CCCCN1Cc1ccc(Cl)c(F)c1. The number of nitrogens with zero attached hydrogens (tertiary/aromatic N) is 5. The second-order valence-electron chi connectivity index (χ2n) is 8.28. The lowest BCUT2D eigenvalue weighted by atomic mass is 9.92. The van der Waals surface area contributed by atoms with E-state index < -0.39 is 0 Å². The molecule has 0 amide bonds. The number of anilines is 1. The van der Waals surface area contributed by atoms with Crippen LogP contribution in [0.15, 0.2) is 42.9 Å². The summed E-state index contributed by atoms with van der Waals surface area (Å²) in [7, 11) is 3.90. The number of halogens is 2. The van der Waals surface area contributed by atoms with Crippen molar-refractivity contribution >= 4 is 17.5 Å². The zero-order chi connectivity index (χ0) is 22.0. The molecular formula is C24H27ClFN5. The molecule has 4 rings (SSSR count). The smallest absolute Gasteiger partial charge is 0.225 e. The molecule has 1 atom stereocenters. The predicted octanol–water partition coefficient (Wildman–Crippen LogP) is 5.43. The van der Waals surface area contributed by atoms with Crippen LogP contribution in [-0.2, 0) is 6.54 Å². The lowest BCUT2D eigenvalue weighted by Crippen LogP contribution is -2.34. The van der Waals surface area contributed by atoms with Crippen molar-refractivity contribution in [2.24, 2.45) is 0 Å². The van der Waals surface area contributed by atoms with E-state index in [9.17, 15) is 4.39 Å².